The Morgan fingerprint density at radius 2 is 1.76 bits per heavy atom. The van der Waals surface area contributed by atoms with Gasteiger partial charge >= 0.3 is 5.97 Å². The van der Waals surface area contributed by atoms with Gasteiger partial charge in [0.05, 0.1) is 12.8 Å². The Labute approximate surface area is 126 Å². The number of nitrogens with zero attached hydrogens (tertiary/aromatic N) is 1. The van der Waals surface area contributed by atoms with Crippen molar-refractivity contribution in [1.29, 1.82) is 0 Å². The fourth-order valence-electron chi connectivity index (χ4n) is 3.84. The lowest BCUT2D eigenvalue weighted by Gasteiger charge is -2.48. The maximum absolute atomic E-state index is 11.7. The van der Waals surface area contributed by atoms with Gasteiger partial charge in [0.15, 0.2) is 0 Å². The maximum atomic E-state index is 11.7. The molecule has 1 aliphatic rings. The summed E-state index contributed by atoms with van der Waals surface area (Å²) >= 11 is 0. The zero-order valence-corrected chi connectivity index (χ0v) is 13.6. The van der Waals surface area contributed by atoms with Crippen LogP contribution in [0.25, 0.3) is 0 Å². The number of carboxylic acid groups (broad SMARTS) is 1. The van der Waals surface area contributed by atoms with Crippen LogP contribution in [0.1, 0.15) is 44.5 Å². The third-order valence-electron chi connectivity index (χ3n) is 3.97. The number of methoxy groups -OCH3 is 1. The lowest BCUT2D eigenvalue weighted by molar-refractivity contribution is 0.0692. The van der Waals surface area contributed by atoms with Gasteiger partial charge < -0.3 is 14.7 Å². The average Bonchev–Trinajstić information content (AvgIpc) is 2.33. The van der Waals surface area contributed by atoms with Gasteiger partial charge in [0, 0.05) is 13.1 Å². The minimum atomic E-state index is -0.941. The number of piperidine rings is 1. The standard InChI is InChI=1S/C17H25NO3/c1-16(2)9-17(3,4)11-18(10-16)12-7-6-8-13(21-5)14(12)15(19)20/h6-8H,9-11H2,1-5H3,(H,19,20). The molecule has 1 aliphatic heterocycles. The highest BCUT2D eigenvalue weighted by molar-refractivity contribution is 5.97. The van der Waals surface area contributed by atoms with Crippen LogP contribution in [0.2, 0.25) is 0 Å². The van der Waals surface area contributed by atoms with Gasteiger partial charge in [-0.3, -0.25) is 0 Å². The third-order valence-corrected chi connectivity index (χ3v) is 3.97. The normalized spacial score (nSPS) is 20.1. The zero-order valence-electron chi connectivity index (χ0n) is 13.6. The quantitative estimate of drug-likeness (QED) is 0.923. The van der Waals surface area contributed by atoms with E-state index in [1.54, 1.807) is 6.07 Å². The van der Waals surface area contributed by atoms with Crippen molar-refractivity contribution in [1.82, 2.24) is 0 Å². The largest absolute Gasteiger partial charge is 0.496 e. The van der Waals surface area contributed by atoms with Gasteiger partial charge in [-0.05, 0) is 29.4 Å². The molecule has 4 heteroatoms. The van der Waals surface area contributed by atoms with E-state index in [-0.39, 0.29) is 16.4 Å². The predicted molar refractivity (Wildman–Crippen MR) is 84.3 cm³/mol. The summed E-state index contributed by atoms with van der Waals surface area (Å²) in [4.78, 5) is 13.9. The van der Waals surface area contributed by atoms with Crippen molar-refractivity contribution in [3.05, 3.63) is 23.8 Å². The first-order chi connectivity index (χ1) is 9.65. The molecule has 0 saturated carbocycles. The number of hydrogen-bond acceptors (Lipinski definition) is 3. The van der Waals surface area contributed by atoms with Gasteiger partial charge in [0.25, 0.3) is 0 Å². The average molecular weight is 291 g/mol. The van der Waals surface area contributed by atoms with Gasteiger partial charge in [0.2, 0.25) is 0 Å². The summed E-state index contributed by atoms with van der Waals surface area (Å²) in [7, 11) is 1.51. The first-order valence-corrected chi connectivity index (χ1v) is 7.30. The molecule has 0 atom stereocenters. The number of hydrogen-bond donors (Lipinski definition) is 1. The Kier molecular flexibility index (Phi) is 3.91. The van der Waals surface area contributed by atoms with Crippen molar-refractivity contribution in [2.24, 2.45) is 10.8 Å². The van der Waals surface area contributed by atoms with Gasteiger partial charge in [-0.1, -0.05) is 33.8 Å². The molecule has 1 aromatic carbocycles. The van der Waals surface area contributed by atoms with E-state index in [4.69, 9.17) is 4.74 Å². The second-order valence-corrected chi connectivity index (χ2v) is 7.52. The molecule has 0 radical (unpaired) electrons. The molecule has 0 aliphatic carbocycles. The van der Waals surface area contributed by atoms with E-state index >= 15 is 0 Å². The van der Waals surface area contributed by atoms with Crippen LogP contribution >= 0.6 is 0 Å². The molecule has 116 valence electrons. The molecule has 2 rings (SSSR count). The van der Waals surface area contributed by atoms with Crippen LogP contribution in [0.15, 0.2) is 18.2 Å². The van der Waals surface area contributed by atoms with Crippen LogP contribution < -0.4 is 9.64 Å². The van der Waals surface area contributed by atoms with E-state index in [9.17, 15) is 9.90 Å². The SMILES string of the molecule is COc1cccc(N2CC(C)(C)CC(C)(C)C2)c1C(=O)O. The summed E-state index contributed by atoms with van der Waals surface area (Å²) in [5.74, 6) is -0.523. The third kappa shape index (κ3) is 3.31. The number of carboxylic acids is 1. The fraction of sp³-hybridized carbons (Fsp3) is 0.588. The molecule has 4 nitrogen and oxygen atoms in total. The summed E-state index contributed by atoms with van der Waals surface area (Å²) in [6.45, 7) is 10.7. The van der Waals surface area contributed by atoms with E-state index in [1.165, 1.54) is 7.11 Å². The smallest absolute Gasteiger partial charge is 0.341 e. The Bertz CT molecular complexity index is 533. The lowest BCUT2D eigenvalue weighted by Crippen LogP contribution is -2.49. The molecule has 0 aromatic heterocycles. The molecular formula is C17H25NO3. The summed E-state index contributed by atoms with van der Waals surface area (Å²) < 4.78 is 5.23. The van der Waals surface area contributed by atoms with Crippen LogP contribution in [0.5, 0.6) is 5.75 Å². The van der Waals surface area contributed by atoms with Crippen LogP contribution in [0, 0.1) is 10.8 Å². The fourth-order valence-corrected chi connectivity index (χ4v) is 3.84. The van der Waals surface area contributed by atoms with E-state index in [2.05, 4.69) is 32.6 Å². The predicted octanol–water partition coefficient (Wildman–Crippen LogP) is 3.66. The number of ether oxygens (including phenoxy) is 1. The summed E-state index contributed by atoms with van der Waals surface area (Å²) in [5.41, 5.74) is 1.32. The molecule has 1 saturated heterocycles. The van der Waals surface area contributed by atoms with Crippen molar-refractivity contribution < 1.29 is 14.6 Å². The molecule has 0 bridgehead atoms. The summed E-state index contributed by atoms with van der Waals surface area (Å²) in [5, 5.41) is 9.56. The van der Waals surface area contributed by atoms with Crippen LogP contribution in [0.3, 0.4) is 0 Å². The minimum Gasteiger partial charge on any atom is -0.496 e. The van der Waals surface area contributed by atoms with Crippen molar-refractivity contribution in [3.63, 3.8) is 0 Å². The van der Waals surface area contributed by atoms with Gasteiger partial charge in [-0.15, -0.1) is 0 Å². The molecule has 0 spiro atoms. The molecule has 1 heterocycles. The Balaban J connectivity index is 2.48. The van der Waals surface area contributed by atoms with Crippen molar-refractivity contribution in [3.8, 4) is 5.75 Å². The Morgan fingerprint density at radius 3 is 2.24 bits per heavy atom. The number of rotatable bonds is 3. The number of carbonyl (C=O) groups is 1. The lowest BCUT2D eigenvalue weighted by atomic mass is 9.71. The van der Waals surface area contributed by atoms with E-state index in [0.717, 1.165) is 25.2 Å². The van der Waals surface area contributed by atoms with Gasteiger partial charge in [-0.25, -0.2) is 4.79 Å². The number of benzene rings is 1. The highest BCUT2D eigenvalue weighted by atomic mass is 16.5. The molecule has 0 amide bonds. The van der Waals surface area contributed by atoms with Gasteiger partial charge in [-0.2, -0.15) is 0 Å². The number of anilines is 1. The monoisotopic (exact) mass is 291 g/mol. The maximum Gasteiger partial charge on any atom is 0.341 e. The van der Waals surface area contributed by atoms with E-state index in [1.807, 2.05) is 12.1 Å². The van der Waals surface area contributed by atoms with Crippen molar-refractivity contribution in [2.75, 3.05) is 25.1 Å². The van der Waals surface area contributed by atoms with E-state index in [0.29, 0.717) is 5.75 Å². The van der Waals surface area contributed by atoms with Crippen molar-refractivity contribution >= 4 is 11.7 Å². The summed E-state index contributed by atoms with van der Waals surface area (Å²) in [6.07, 6.45) is 1.13. The topological polar surface area (TPSA) is 49.8 Å². The highest BCUT2D eigenvalue weighted by Crippen LogP contribution is 2.43. The molecule has 1 fully saturated rings. The van der Waals surface area contributed by atoms with Crippen LogP contribution in [0.4, 0.5) is 5.69 Å². The zero-order chi connectivity index (χ0) is 15.8. The van der Waals surface area contributed by atoms with Crippen LogP contribution in [-0.4, -0.2) is 31.3 Å². The van der Waals surface area contributed by atoms with Crippen LogP contribution in [-0.2, 0) is 0 Å². The van der Waals surface area contributed by atoms with E-state index < -0.39 is 5.97 Å². The molecular weight excluding hydrogens is 266 g/mol. The second-order valence-electron chi connectivity index (χ2n) is 7.52. The highest BCUT2D eigenvalue weighted by Gasteiger charge is 2.38. The summed E-state index contributed by atoms with van der Waals surface area (Å²) in [6, 6.07) is 5.44. The number of aromatic carboxylic acids is 1. The molecule has 1 N–H and O–H groups in total. The first kappa shape index (κ1) is 15.7. The Hall–Kier alpha value is -1.71. The second kappa shape index (κ2) is 5.24. The molecule has 1 aromatic rings. The Morgan fingerprint density at radius 1 is 1.19 bits per heavy atom. The minimum absolute atomic E-state index is 0.153. The van der Waals surface area contributed by atoms with Gasteiger partial charge in [0.1, 0.15) is 11.3 Å². The first-order valence-electron chi connectivity index (χ1n) is 7.30. The molecule has 0 unspecified atom stereocenters. The van der Waals surface area contributed by atoms with Crippen molar-refractivity contribution in [2.45, 2.75) is 34.1 Å². The molecule has 21 heavy (non-hydrogen) atoms.